The zero-order chi connectivity index (χ0) is 12.8. The molecule has 1 saturated carbocycles. The lowest BCUT2D eigenvalue weighted by molar-refractivity contribution is 0.305. The molecule has 1 aromatic carbocycles. The van der Waals surface area contributed by atoms with Crippen LogP contribution in [0.1, 0.15) is 57.1 Å². The van der Waals surface area contributed by atoms with Crippen LogP contribution < -0.4 is 11.1 Å². The van der Waals surface area contributed by atoms with E-state index in [1.807, 2.05) is 0 Å². The number of nitrogens with two attached hydrogens (primary N) is 1. The van der Waals surface area contributed by atoms with Crippen molar-refractivity contribution >= 4 is 0 Å². The van der Waals surface area contributed by atoms with Crippen LogP contribution in [0.15, 0.2) is 30.3 Å². The molecule has 1 aliphatic rings. The molecule has 3 N–H and O–H groups in total. The minimum absolute atomic E-state index is 0.397. The molecule has 1 fully saturated rings. The van der Waals surface area contributed by atoms with Gasteiger partial charge in [-0.25, -0.2) is 0 Å². The fraction of sp³-hybridized carbons (Fsp3) is 0.625. The van der Waals surface area contributed by atoms with Crippen molar-refractivity contribution in [2.75, 3.05) is 0 Å². The molecule has 2 rings (SSSR count). The van der Waals surface area contributed by atoms with E-state index in [1.54, 1.807) is 0 Å². The van der Waals surface area contributed by atoms with Crippen molar-refractivity contribution in [3.8, 4) is 0 Å². The van der Waals surface area contributed by atoms with Crippen LogP contribution in [0.25, 0.3) is 0 Å². The molecular weight excluding hydrogens is 220 g/mol. The Labute approximate surface area is 111 Å². The Kier molecular flexibility index (Phi) is 5.21. The predicted octanol–water partition coefficient (Wildman–Crippen LogP) is 3.39. The first-order valence-electron chi connectivity index (χ1n) is 7.36. The Morgan fingerprint density at radius 1 is 1.28 bits per heavy atom. The van der Waals surface area contributed by atoms with Gasteiger partial charge in [-0.1, -0.05) is 50.1 Å². The van der Waals surface area contributed by atoms with Gasteiger partial charge in [0.05, 0.1) is 0 Å². The summed E-state index contributed by atoms with van der Waals surface area (Å²) < 4.78 is 0. The van der Waals surface area contributed by atoms with Crippen LogP contribution in [0, 0.1) is 0 Å². The van der Waals surface area contributed by atoms with Crippen LogP contribution in [-0.4, -0.2) is 12.1 Å². The smallest absolute Gasteiger partial charge is 0.0322 e. The summed E-state index contributed by atoms with van der Waals surface area (Å²) in [6.45, 7) is 2.25. The van der Waals surface area contributed by atoms with E-state index in [2.05, 4.69) is 42.6 Å². The Morgan fingerprint density at radius 2 is 2.06 bits per heavy atom. The van der Waals surface area contributed by atoms with Gasteiger partial charge in [0.2, 0.25) is 0 Å². The Hall–Kier alpha value is -0.860. The van der Waals surface area contributed by atoms with Gasteiger partial charge >= 0.3 is 0 Å². The van der Waals surface area contributed by atoms with Gasteiger partial charge in [-0.3, -0.25) is 0 Å². The first kappa shape index (κ1) is 13.6. The Morgan fingerprint density at radius 3 is 2.72 bits per heavy atom. The van der Waals surface area contributed by atoms with E-state index in [0.29, 0.717) is 18.1 Å². The lowest BCUT2D eigenvalue weighted by Gasteiger charge is -2.31. The van der Waals surface area contributed by atoms with Crippen molar-refractivity contribution < 1.29 is 0 Å². The maximum absolute atomic E-state index is 6.07. The van der Waals surface area contributed by atoms with Crippen molar-refractivity contribution in [3.63, 3.8) is 0 Å². The van der Waals surface area contributed by atoms with Crippen LogP contribution in [0.2, 0.25) is 0 Å². The van der Waals surface area contributed by atoms with Gasteiger partial charge in [-0.2, -0.15) is 0 Å². The maximum atomic E-state index is 6.07. The molecule has 3 unspecified atom stereocenters. The molecule has 0 heterocycles. The van der Waals surface area contributed by atoms with E-state index in [-0.39, 0.29) is 0 Å². The zero-order valence-electron chi connectivity index (χ0n) is 11.4. The second kappa shape index (κ2) is 6.91. The van der Waals surface area contributed by atoms with Gasteiger partial charge in [0.25, 0.3) is 0 Å². The molecule has 18 heavy (non-hydrogen) atoms. The highest BCUT2D eigenvalue weighted by Gasteiger charge is 2.22. The Bertz CT molecular complexity index is 336. The summed E-state index contributed by atoms with van der Waals surface area (Å²) in [5.74, 6) is 0. The Balaban J connectivity index is 1.97. The molecule has 0 spiro atoms. The minimum Gasteiger partial charge on any atom is -0.328 e. The fourth-order valence-electron chi connectivity index (χ4n) is 2.98. The van der Waals surface area contributed by atoms with Crippen molar-refractivity contribution in [1.29, 1.82) is 0 Å². The molecule has 2 nitrogen and oxygen atoms in total. The first-order chi connectivity index (χ1) is 8.79. The van der Waals surface area contributed by atoms with Crippen molar-refractivity contribution in [2.45, 2.75) is 63.6 Å². The summed E-state index contributed by atoms with van der Waals surface area (Å²) in [6, 6.07) is 12.3. The molecule has 2 heteroatoms. The molecule has 0 amide bonds. The third-order valence-electron chi connectivity index (χ3n) is 3.93. The summed E-state index contributed by atoms with van der Waals surface area (Å²) >= 11 is 0. The number of rotatable bonds is 5. The molecule has 3 atom stereocenters. The average molecular weight is 246 g/mol. The molecular formula is C16H26N2. The van der Waals surface area contributed by atoms with Gasteiger partial charge < -0.3 is 11.1 Å². The third-order valence-corrected chi connectivity index (χ3v) is 3.93. The van der Waals surface area contributed by atoms with E-state index in [4.69, 9.17) is 5.73 Å². The molecule has 0 aliphatic heterocycles. The highest BCUT2D eigenvalue weighted by Crippen LogP contribution is 2.23. The summed E-state index contributed by atoms with van der Waals surface area (Å²) in [6.07, 6.45) is 7.29. The van der Waals surface area contributed by atoms with Gasteiger partial charge in [0.15, 0.2) is 0 Å². The standard InChI is InChI=1S/C16H26N2/c1-2-7-16(13-8-4-3-5-9-13)18-15-11-6-10-14(17)12-15/h3-5,8-9,14-16,18H,2,6-7,10-12,17H2,1H3. The molecule has 0 saturated heterocycles. The summed E-state index contributed by atoms with van der Waals surface area (Å²) in [5.41, 5.74) is 7.49. The van der Waals surface area contributed by atoms with Crippen LogP contribution >= 0.6 is 0 Å². The molecule has 0 aromatic heterocycles. The van der Waals surface area contributed by atoms with E-state index in [9.17, 15) is 0 Å². The highest BCUT2D eigenvalue weighted by atomic mass is 15.0. The lowest BCUT2D eigenvalue weighted by Crippen LogP contribution is -2.41. The van der Waals surface area contributed by atoms with E-state index in [0.717, 1.165) is 6.42 Å². The first-order valence-corrected chi connectivity index (χ1v) is 7.36. The fourth-order valence-corrected chi connectivity index (χ4v) is 2.98. The second-order valence-corrected chi connectivity index (χ2v) is 5.54. The van der Waals surface area contributed by atoms with Crippen molar-refractivity contribution in [2.24, 2.45) is 5.73 Å². The van der Waals surface area contributed by atoms with Crippen LogP contribution in [0.4, 0.5) is 0 Å². The van der Waals surface area contributed by atoms with Gasteiger partial charge in [-0.15, -0.1) is 0 Å². The lowest BCUT2D eigenvalue weighted by atomic mass is 9.90. The summed E-state index contributed by atoms with van der Waals surface area (Å²) in [5, 5.41) is 3.82. The topological polar surface area (TPSA) is 38.0 Å². The van der Waals surface area contributed by atoms with Crippen LogP contribution in [-0.2, 0) is 0 Å². The van der Waals surface area contributed by atoms with Gasteiger partial charge in [0.1, 0.15) is 0 Å². The SMILES string of the molecule is CCCC(NC1CCCC(N)C1)c1ccccc1. The van der Waals surface area contributed by atoms with Crippen molar-refractivity contribution in [3.05, 3.63) is 35.9 Å². The molecule has 1 aliphatic carbocycles. The van der Waals surface area contributed by atoms with E-state index >= 15 is 0 Å². The minimum atomic E-state index is 0.397. The van der Waals surface area contributed by atoms with E-state index in [1.165, 1.54) is 37.7 Å². The van der Waals surface area contributed by atoms with Crippen LogP contribution in [0.3, 0.4) is 0 Å². The van der Waals surface area contributed by atoms with Gasteiger partial charge in [-0.05, 0) is 31.2 Å². The monoisotopic (exact) mass is 246 g/mol. The normalized spacial score (nSPS) is 25.9. The van der Waals surface area contributed by atoms with Crippen LogP contribution in [0.5, 0.6) is 0 Å². The third kappa shape index (κ3) is 3.82. The molecule has 0 radical (unpaired) electrons. The quantitative estimate of drug-likeness (QED) is 0.836. The van der Waals surface area contributed by atoms with Crippen molar-refractivity contribution in [1.82, 2.24) is 5.32 Å². The maximum Gasteiger partial charge on any atom is 0.0322 e. The number of nitrogens with one attached hydrogen (secondary N) is 1. The van der Waals surface area contributed by atoms with E-state index < -0.39 is 0 Å². The second-order valence-electron chi connectivity index (χ2n) is 5.54. The average Bonchev–Trinajstić information content (AvgIpc) is 2.39. The number of benzene rings is 1. The summed E-state index contributed by atoms with van der Waals surface area (Å²) in [4.78, 5) is 0. The largest absolute Gasteiger partial charge is 0.328 e. The zero-order valence-corrected chi connectivity index (χ0v) is 11.4. The molecule has 0 bridgehead atoms. The predicted molar refractivity (Wildman–Crippen MR) is 77.5 cm³/mol. The molecule has 1 aromatic rings. The number of hydrogen-bond acceptors (Lipinski definition) is 2. The number of hydrogen-bond donors (Lipinski definition) is 2. The molecule has 100 valence electrons. The highest BCUT2D eigenvalue weighted by molar-refractivity contribution is 5.19. The van der Waals surface area contributed by atoms with Gasteiger partial charge in [0, 0.05) is 18.1 Å². The summed E-state index contributed by atoms with van der Waals surface area (Å²) in [7, 11) is 0.